The molecule has 0 aromatic heterocycles. The zero-order valence-corrected chi connectivity index (χ0v) is 7.97. The van der Waals surface area contributed by atoms with E-state index in [0.717, 1.165) is 5.75 Å². The Morgan fingerprint density at radius 1 is 1.43 bits per heavy atom. The molecule has 0 aliphatic heterocycles. The minimum absolute atomic E-state index is 0.299. The fourth-order valence-corrected chi connectivity index (χ4v) is 0.963. The largest absolute Gasteiger partial charge is 0.490 e. The summed E-state index contributed by atoms with van der Waals surface area (Å²) in [5.74, 6) is 0.743. The number of hydrogen-bond donors (Lipinski definition) is 1. The molecular formula is C10H13NO3. The summed E-state index contributed by atoms with van der Waals surface area (Å²) < 4.78 is 10.0. The van der Waals surface area contributed by atoms with E-state index in [2.05, 4.69) is 4.74 Å². The van der Waals surface area contributed by atoms with Gasteiger partial charge in [0.2, 0.25) is 0 Å². The van der Waals surface area contributed by atoms with Crippen LogP contribution in [0.1, 0.15) is 6.92 Å². The van der Waals surface area contributed by atoms with Crippen molar-refractivity contribution in [3.05, 3.63) is 30.3 Å². The van der Waals surface area contributed by atoms with Crippen LogP contribution in [-0.2, 0) is 4.74 Å². The van der Waals surface area contributed by atoms with Crippen LogP contribution < -0.4 is 10.5 Å². The van der Waals surface area contributed by atoms with Gasteiger partial charge in [-0.05, 0) is 19.1 Å². The molecule has 1 rings (SSSR count). The predicted octanol–water partition coefficient (Wildman–Crippen LogP) is 1.55. The lowest BCUT2D eigenvalue weighted by Crippen LogP contribution is -2.25. The molecule has 0 aliphatic carbocycles. The standard InChI is InChI=1S/C10H13NO3/c1-8(14-10(11)12)7-13-9-5-3-2-4-6-9/h2-6,8H,7H2,1H3,(H2,11,12). The van der Waals surface area contributed by atoms with Gasteiger partial charge in [-0.3, -0.25) is 0 Å². The van der Waals surface area contributed by atoms with Gasteiger partial charge in [0.25, 0.3) is 0 Å². The van der Waals surface area contributed by atoms with E-state index >= 15 is 0 Å². The molecule has 0 fully saturated rings. The third-order valence-electron chi connectivity index (χ3n) is 1.55. The van der Waals surface area contributed by atoms with Crippen LogP contribution in [0.3, 0.4) is 0 Å². The first-order valence-corrected chi connectivity index (χ1v) is 4.32. The molecule has 1 unspecified atom stereocenters. The van der Waals surface area contributed by atoms with E-state index in [-0.39, 0.29) is 6.10 Å². The van der Waals surface area contributed by atoms with Gasteiger partial charge in [0.15, 0.2) is 0 Å². The van der Waals surface area contributed by atoms with Crippen LogP contribution in [-0.4, -0.2) is 18.8 Å². The zero-order chi connectivity index (χ0) is 10.4. The van der Waals surface area contributed by atoms with Gasteiger partial charge >= 0.3 is 6.09 Å². The minimum atomic E-state index is -0.783. The lowest BCUT2D eigenvalue weighted by atomic mass is 10.3. The highest BCUT2D eigenvalue weighted by molar-refractivity contribution is 5.64. The van der Waals surface area contributed by atoms with E-state index in [1.54, 1.807) is 6.92 Å². The molecule has 0 saturated heterocycles. The van der Waals surface area contributed by atoms with Gasteiger partial charge < -0.3 is 15.2 Å². The summed E-state index contributed by atoms with van der Waals surface area (Å²) in [4.78, 5) is 10.4. The first-order valence-electron chi connectivity index (χ1n) is 4.32. The third-order valence-corrected chi connectivity index (χ3v) is 1.55. The lowest BCUT2D eigenvalue weighted by molar-refractivity contribution is 0.0823. The number of benzene rings is 1. The quantitative estimate of drug-likeness (QED) is 0.792. The lowest BCUT2D eigenvalue weighted by Gasteiger charge is -2.12. The van der Waals surface area contributed by atoms with Gasteiger partial charge in [-0.25, -0.2) is 4.79 Å². The summed E-state index contributed by atoms with van der Waals surface area (Å²) in [6, 6.07) is 9.30. The van der Waals surface area contributed by atoms with Crippen molar-refractivity contribution < 1.29 is 14.3 Å². The van der Waals surface area contributed by atoms with Crippen LogP contribution in [0.5, 0.6) is 5.75 Å². The molecule has 76 valence electrons. The highest BCUT2D eigenvalue weighted by atomic mass is 16.6. The van der Waals surface area contributed by atoms with Crippen LogP contribution in [0.15, 0.2) is 30.3 Å². The normalized spacial score (nSPS) is 11.8. The SMILES string of the molecule is CC(COc1ccccc1)OC(N)=O. The highest BCUT2D eigenvalue weighted by Gasteiger charge is 2.06. The van der Waals surface area contributed by atoms with Crippen molar-refractivity contribution in [2.45, 2.75) is 13.0 Å². The van der Waals surface area contributed by atoms with E-state index in [1.807, 2.05) is 30.3 Å². The Morgan fingerprint density at radius 2 is 2.07 bits per heavy atom. The maximum Gasteiger partial charge on any atom is 0.404 e. The predicted molar refractivity (Wildman–Crippen MR) is 52.1 cm³/mol. The Labute approximate surface area is 82.6 Å². The number of ether oxygens (including phenoxy) is 2. The number of carbonyl (C=O) groups excluding carboxylic acids is 1. The second-order valence-corrected chi connectivity index (χ2v) is 2.87. The molecule has 0 bridgehead atoms. The molecule has 0 spiro atoms. The maximum atomic E-state index is 10.4. The fraction of sp³-hybridized carbons (Fsp3) is 0.300. The van der Waals surface area contributed by atoms with Crippen LogP contribution in [0.2, 0.25) is 0 Å². The van der Waals surface area contributed by atoms with Crippen molar-refractivity contribution in [1.29, 1.82) is 0 Å². The third kappa shape index (κ3) is 3.80. The second kappa shape index (κ2) is 5.11. The summed E-state index contributed by atoms with van der Waals surface area (Å²) in [5, 5.41) is 0. The Hall–Kier alpha value is -1.71. The minimum Gasteiger partial charge on any atom is -0.490 e. The number of para-hydroxylation sites is 1. The van der Waals surface area contributed by atoms with Crippen LogP contribution >= 0.6 is 0 Å². The molecule has 1 aromatic rings. The summed E-state index contributed by atoms with van der Waals surface area (Å²) in [6.45, 7) is 2.01. The zero-order valence-electron chi connectivity index (χ0n) is 7.97. The van der Waals surface area contributed by atoms with E-state index < -0.39 is 6.09 Å². The van der Waals surface area contributed by atoms with Crippen molar-refractivity contribution in [2.75, 3.05) is 6.61 Å². The monoisotopic (exact) mass is 195 g/mol. The summed E-state index contributed by atoms with van der Waals surface area (Å²) in [5.41, 5.74) is 4.85. The Bertz CT molecular complexity index is 287. The molecule has 2 N–H and O–H groups in total. The van der Waals surface area contributed by atoms with Gasteiger partial charge in [-0.1, -0.05) is 18.2 Å². The number of carbonyl (C=O) groups is 1. The molecule has 4 heteroatoms. The summed E-state index contributed by atoms with van der Waals surface area (Å²) in [6.07, 6.45) is -1.12. The topological polar surface area (TPSA) is 61.6 Å². The molecule has 0 aliphatic rings. The molecule has 0 radical (unpaired) electrons. The molecule has 1 atom stereocenters. The summed E-state index contributed by atoms with van der Waals surface area (Å²) in [7, 11) is 0. The van der Waals surface area contributed by atoms with Crippen LogP contribution in [0, 0.1) is 0 Å². The molecule has 1 amide bonds. The van der Waals surface area contributed by atoms with E-state index in [1.165, 1.54) is 0 Å². The highest BCUT2D eigenvalue weighted by Crippen LogP contribution is 2.08. The molecule has 0 heterocycles. The second-order valence-electron chi connectivity index (χ2n) is 2.87. The van der Waals surface area contributed by atoms with E-state index in [0.29, 0.717) is 6.61 Å². The average Bonchev–Trinajstić information content (AvgIpc) is 2.15. The van der Waals surface area contributed by atoms with Crippen LogP contribution in [0.25, 0.3) is 0 Å². The molecular weight excluding hydrogens is 182 g/mol. The van der Waals surface area contributed by atoms with Gasteiger partial charge in [0, 0.05) is 0 Å². The smallest absolute Gasteiger partial charge is 0.404 e. The van der Waals surface area contributed by atoms with Crippen molar-refractivity contribution >= 4 is 6.09 Å². The Morgan fingerprint density at radius 3 is 2.64 bits per heavy atom. The maximum absolute atomic E-state index is 10.4. The fourth-order valence-electron chi connectivity index (χ4n) is 0.963. The van der Waals surface area contributed by atoms with Gasteiger partial charge in [-0.2, -0.15) is 0 Å². The Balaban J connectivity index is 2.30. The summed E-state index contributed by atoms with van der Waals surface area (Å²) >= 11 is 0. The van der Waals surface area contributed by atoms with Crippen LogP contribution in [0.4, 0.5) is 4.79 Å². The van der Waals surface area contributed by atoms with Gasteiger partial charge in [0.1, 0.15) is 18.5 Å². The van der Waals surface area contributed by atoms with Crippen molar-refractivity contribution in [2.24, 2.45) is 5.73 Å². The van der Waals surface area contributed by atoms with E-state index in [4.69, 9.17) is 10.5 Å². The number of amides is 1. The number of hydrogen-bond acceptors (Lipinski definition) is 3. The van der Waals surface area contributed by atoms with Gasteiger partial charge in [0.05, 0.1) is 0 Å². The number of nitrogens with two attached hydrogens (primary N) is 1. The number of primary amides is 1. The molecule has 1 aromatic carbocycles. The first kappa shape index (κ1) is 10.4. The first-order chi connectivity index (χ1) is 6.68. The van der Waals surface area contributed by atoms with Crippen molar-refractivity contribution in [3.63, 3.8) is 0 Å². The van der Waals surface area contributed by atoms with Gasteiger partial charge in [-0.15, -0.1) is 0 Å². The van der Waals surface area contributed by atoms with Crippen molar-refractivity contribution in [1.82, 2.24) is 0 Å². The van der Waals surface area contributed by atoms with Crippen molar-refractivity contribution in [3.8, 4) is 5.75 Å². The Kier molecular flexibility index (Phi) is 3.79. The van der Waals surface area contributed by atoms with E-state index in [9.17, 15) is 4.79 Å². The molecule has 4 nitrogen and oxygen atoms in total. The molecule has 14 heavy (non-hydrogen) atoms. The molecule has 0 saturated carbocycles. The number of rotatable bonds is 4. The average molecular weight is 195 g/mol.